The predicted molar refractivity (Wildman–Crippen MR) is 37.7 cm³/mol. The standard InChI is InChI=1S/C6H10O8.2K.H2O/c7-1(3(9)5(11)12)2(8)4(10)6(13)14;;;/h1-4,7-10H,(H,11,12)(H,13,14);;;1H2/q;2*+1;/p-2/t1-,2-,3-,4+;;;/m0.../s1. The van der Waals surface area contributed by atoms with Crippen molar-refractivity contribution in [3.05, 3.63) is 0 Å². The minimum absolute atomic E-state index is 0. The average Bonchev–Trinajstić information content (AvgIpc) is 2.12. The quantitative estimate of drug-likeness (QED) is 0.359. The molecule has 0 bridgehead atoms. The van der Waals surface area contributed by atoms with E-state index in [2.05, 4.69) is 0 Å². The van der Waals surface area contributed by atoms with Crippen LogP contribution in [0, 0.1) is 0 Å². The van der Waals surface area contributed by atoms with Crippen molar-refractivity contribution in [2.45, 2.75) is 24.4 Å². The Morgan fingerprint density at radius 1 is 0.765 bits per heavy atom. The fraction of sp³-hybridized carbons (Fsp3) is 0.667. The molecule has 0 radical (unpaired) electrons. The van der Waals surface area contributed by atoms with E-state index in [-0.39, 0.29) is 108 Å². The first-order chi connectivity index (χ1) is 6.29. The summed E-state index contributed by atoms with van der Waals surface area (Å²) in [6.07, 6.45) is -9.76. The van der Waals surface area contributed by atoms with Crippen molar-refractivity contribution in [3.63, 3.8) is 0 Å². The van der Waals surface area contributed by atoms with Gasteiger partial charge in [0, 0.05) is 0 Å². The number of rotatable bonds is 5. The number of carboxylic acids is 2. The Balaban J connectivity index is -0.000000282. The molecule has 0 aliphatic rings. The van der Waals surface area contributed by atoms with Crippen LogP contribution in [0.15, 0.2) is 0 Å². The zero-order valence-electron chi connectivity index (χ0n) is 9.23. The van der Waals surface area contributed by atoms with E-state index in [1.807, 2.05) is 0 Å². The molecule has 0 aliphatic carbocycles. The summed E-state index contributed by atoms with van der Waals surface area (Å²) in [5.41, 5.74) is 0. The molecule has 6 N–H and O–H groups in total. The third-order valence-corrected chi connectivity index (χ3v) is 1.48. The van der Waals surface area contributed by atoms with Crippen LogP contribution < -0.4 is 113 Å². The van der Waals surface area contributed by atoms with Crippen molar-refractivity contribution in [3.8, 4) is 0 Å². The van der Waals surface area contributed by atoms with Crippen molar-refractivity contribution < 1.29 is 148 Å². The summed E-state index contributed by atoms with van der Waals surface area (Å²) in [7, 11) is 0. The normalized spacial score (nSPS) is 16.0. The molecular formula is C6H10K2O9. The molecule has 0 saturated carbocycles. The average molecular weight is 304 g/mol. The third kappa shape index (κ3) is 9.53. The van der Waals surface area contributed by atoms with E-state index < -0.39 is 36.4 Å². The molecule has 9 nitrogen and oxygen atoms in total. The number of carbonyl (C=O) groups excluding carboxylic acids is 2. The molecule has 90 valence electrons. The summed E-state index contributed by atoms with van der Waals surface area (Å²) in [5, 5.41) is 54.7. The van der Waals surface area contributed by atoms with Crippen LogP contribution in [-0.4, -0.2) is 62.3 Å². The number of hydrogen-bond acceptors (Lipinski definition) is 8. The van der Waals surface area contributed by atoms with E-state index in [0.29, 0.717) is 0 Å². The molecule has 17 heavy (non-hydrogen) atoms. The van der Waals surface area contributed by atoms with Gasteiger partial charge in [-0.05, 0) is 0 Å². The number of carboxylic acid groups (broad SMARTS) is 2. The molecule has 0 fully saturated rings. The van der Waals surface area contributed by atoms with E-state index in [1.54, 1.807) is 0 Å². The Morgan fingerprint density at radius 2 is 0.941 bits per heavy atom. The number of carbonyl (C=O) groups is 2. The van der Waals surface area contributed by atoms with E-state index >= 15 is 0 Å². The van der Waals surface area contributed by atoms with Gasteiger partial charge in [-0.1, -0.05) is 0 Å². The molecule has 0 aromatic carbocycles. The summed E-state index contributed by atoms with van der Waals surface area (Å²) in [6, 6.07) is 0. The van der Waals surface area contributed by atoms with Gasteiger partial charge in [-0.2, -0.15) is 0 Å². The van der Waals surface area contributed by atoms with Crippen LogP contribution >= 0.6 is 0 Å². The van der Waals surface area contributed by atoms with E-state index in [0.717, 1.165) is 0 Å². The van der Waals surface area contributed by atoms with Crippen LogP contribution in [0.1, 0.15) is 0 Å². The Kier molecular flexibility index (Phi) is 21.0. The zero-order chi connectivity index (χ0) is 11.5. The van der Waals surface area contributed by atoms with Crippen LogP contribution in [-0.2, 0) is 9.59 Å². The van der Waals surface area contributed by atoms with E-state index in [9.17, 15) is 19.8 Å². The van der Waals surface area contributed by atoms with Gasteiger partial charge in [0.05, 0.1) is 11.9 Å². The van der Waals surface area contributed by atoms with Crippen molar-refractivity contribution >= 4 is 11.9 Å². The smallest absolute Gasteiger partial charge is 0.547 e. The maximum Gasteiger partial charge on any atom is 1.00 e. The first-order valence-corrected chi connectivity index (χ1v) is 3.43. The van der Waals surface area contributed by atoms with Gasteiger partial charge in [0.25, 0.3) is 0 Å². The fourth-order valence-corrected chi connectivity index (χ4v) is 0.652. The van der Waals surface area contributed by atoms with Gasteiger partial charge in [-0.25, -0.2) is 0 Å². The Hall–Kier alpha value is 2.01. The van der Waals surface area contributed by atoms with Crippen LogP contribution in [0.4, 0.5) is 0 Å². The molecule has 0 aliphatic heterocycles. The second kappa shape index (κ2) is 13.0. The minimum Gasteiger partial charge on any atom is -0.547 e. The summed E-state index contributed by atoms with van der Waals surface area (Å²) in [6.45, 7) is 0. The second-order valence-electron chi connectivity index (χ2n) is 2.51. The van der Waals surface area contributed by atoms with Crippen molar-refractivity contribution in [1.29, 1.82) is 0 Å². The molecule has 4 atom stereocenters. The molecule has 0 spiro atoms. The van der Waals surface area contributed by atoms with Gasteiger partial charge in [-0.15, -0.1) is 0 Å². The van der Waals surface area contributed by atoms with Crippen LogP contribution in [0.5, 0.6) is 0 Å². The number of aliphatic hydroxyl groups is 4. The first-order valence-electron chi connectivity index (χ1n) is 3.43. The maximum absolute atomic E-state index is 9.96. The summed E-state index contributed by atoms with van der Waals surface area (Å²) >= 11 is 0. The molecule has 0 amide bonds. The minimum atomic E-state index is -2.50. The van der Waals surface area contributed by atoms with Gasteiger partial charge < -0.3 is 45.7 Å². The maximum atomic E-state index is 9.96. The molecule has 0 rings (SSSR count). The van der Waals surface area contributed by atoms with E-state index in [4.69, 9.17) is 20.4 Å². The SMILES string of the molecule is O.O=C([O-])[C@@H](O)[C@@H](O)[C@H](O)[C@@H](O)C(=O)[O-].[K+].[K+]. The Bertz CT molecular complexity index is 212. The van der Waals surface area contributed by atoms with Gasteiger partial charge in [0.1, 0.15) is 24.4 Å². The summed E-state index contributed by atoms with van der Waals surface area (Å²) in [5.74, 6) is -4.22. The van der Waals surface area contributed by atoms with Crippen molar-refractivity contribution in [2.75, 3.05) is 0 Å². The number of aliphatic carboxylic acids is 2. The fourth-order valence-electron chi connectivity index (χ4n) is 0.652. The molecule has 0 heterocycles. The first kappa shape index (κ1) is 27.4. The van der Waals surface area contributed by atoms with E-state index in [1.165, 1.54) is 0 Å². The Labute approximate surface area is 181 Å². The predicted octanol–water partition coefficient (Wildman–Crippen LogP) is -12.9. The summed E-state index contributed by atoms with van der Waals surface area (Å²) in [4.78, 5) is 19.9. The topological polar surface area (TPSA) is 193 Å². The van der Waals surface area contributed by atoms with Crippen LogP contribution in [0.2, 0.25) is 0 Å². The molecular weight excluding hydrogens is 294 g/mol. The largest absolute Gasteiger partial charge is 1.00 e. The molecule has 0 aromatic heterocycles. The van der Waals surface area contributed by atoms with Crippen molar-refractivity contribution in [2.24, 2.45) is 0 Å². The number of hydrogen-bond donors (Lipinski definition) is 4. The van der Waals surface area contributed by atoms with Gasteiger partial charge in [0.15, 0.2) is 0 Å². The van der Waals surface area contributed by atoms with Crippen molar-refractivity contribution in [1.82, 2.24) is 0 Å². The zero-order valence-corrected chi connectivity index (χ0v) is 15.5. The Morgan fingerprint density at radius 3 is 1.06 bits per heavy atom. The second-order valence-corrected chi connectivity index (χ2v) is 2.51. The molecule has 0 saturated heterocycles. The van der Waals surface area contributed by atoms with Gasteiger partial charge in [0.2, 0.25) is 0 Å². The monoisotopic (exact) mass is 304 g/mol. The van der Waals surface area contributed by atoms with Crippen LogP contribution in [0.3, 0.4) is 0 Å². The molecule has 0 unspecified atom stereocenters. The third-order valence-electron chi connectivity index (χ3n) is 1.48. The summed E-state index contributed by atoms with van der Waals surface area (Å²) < 4.78 is 0. The number of aliphatic hydroxyl groups excluding tert-OH is 4. The van der Waals surface area contributed by atoms with Crippen LogP contribution in [0.25, 0.3) is 0 Å². The molecule has 11 heteroatoms. The molecule has 0 aromatic rings. The van der Waals surface area contributed by atoms with Gasteiger partial charge in [-0.3, -0.25) is 0 Å². The van der Waals surface area contributed by atoms with Gasteiger partial charge >= 0.3 is 103 Å².